The highest BCUT2D eigenvalue weighted by Gasteiger charge is 2.22. The van der Waals surface area contributed by atoms with E-state index in [4.69, 9.17) is 4.74 Å². The molecular formula is C23H27NO3. The Balaban J connectivity index is 1.80. The number of carbonyl (C=O) groups is 1. The Kier molecular flexibility index (Phi) is 5.00. The summed E-state index contributed by atoms with van der Waals surface area (Å²) in [5.74, 6) is 0.955. The molecule has 0 atom stereocenters. The molecule has 4 heteroatoms. The number of benzene rings is 1. The van der Waals surface area contributed by atoms with Crippen molar-refractivity contribution in [3.8, 4) is 11.1 Å². The molecule has 1 aliphatic carbocycles. The number of ether oxygens (including phenoxy) is 1. The van der Waals surface area contributed by atoms with Gasteiger partial charge in [0.15, 0.2) is 0 Å². The van der Waals surface area contributed by atoms with Gasteiger partial charge in [-0.3, -0.25) is 9.59 Å². The molecule has 142 valence electrons. The molecule has 0 N–H and O–H groups in total. The summed E-state index contributed by atoms with van der Waals surface area (Å²) >= 11 is 0. The van der Waals surface area contributed by atoms with Crippen molar-refractivity contribution in [1.82, 2.24) is 4.57 Å². The number of fused-ring (bicyclic) bond motifs is 1. The molecule has 1 saturated heterocycles. The minimum Gasteiger partial charge on any atom is -0.381 e. The summed E-state index contributed by atoms with van der Waals surface area (Å²) < 4.78 is 7.18. The Hall–Kier alpha value is -2.20. The molecule has 0 bridgehead atoms. The zero-order valence-corrected chi connectivity index (χ0v) is 16.2. The Morgan fingerprint density at radius 2 is 1.85 bits per heavy atom. The number of rotatable bonds is 3. The van der Waals surface area contributed by atoms with Gasteiger partial charge in [0.05, 0.1) is 0 Å². The quantitative estimate of drug-likeness (QED) is 0.838. The van der Waals surface area contributed by atoms with Crippen LogP contribution in [0.3, 0.4) is 0 Å². The van der Waals surface area contributed by atoms with Crippen LogP contribution in [0.15, 0.2) is 29.2 Å². The summed E-state index contributed by atoms with van der Waals surface area (Å²) in [7, 11) is 1.80. The summed E-state index contributed by atoms with van der Waals surface area (Å²) in [5.41, 5.74) is 6.85. The van der Waals surface area contributed by atoms with Crippen LogP contribution in [-0.2, 0) is 35.8 Å². The average Bonchev–Trinajstić information content (AvgIpc) is 2.66. The number of nitrogens with zero attached hydrogens (tertiary/aromatic N) is 1. The Morgan fingerprint density at radius 1 is 1.07 bits per heavy atom. The molecule has 1 aliphatic heterocycles. The first-order valence-corrected chi connectivity index (χ1v) is 9.93. The molecule has 27 heavy (non-hydrogen) atoms. The van der Waals surface area contributed by atoms with Gasteiger partial charge < -0.3 is 9.30 Å². The van der Waals surface area contributed by atoms with Crippen molar-refractivity contribution in [2.24, 2.45) is 13.0 Å². The predicted octanol–water partition coefficient (Wildman–Crippen LogP) is 3.39. The lowest BCUT2D eigenvalue weighted by Crippen LogP contribution is -2.20. The molecule has 2 aliphatic rings. The summed E-state index contributed by atoms with van der Waals surface area (Å²) in [6.45, 7) is 3.56. The molecule has 2 aromatic rings. The van der Waals surface area contributed by atoms with Gasteiger partial charge in [0.25, 0.3) is 5.56 Å². The van der Waals surface area contributed by atoms with Crippen molar-refractivity contribution in [2.75, 3.05) is 13.2 Å². The van der Waals surface area contributed by atoms with E-state index >= 15 is 0 Å². The third kappa shape index (κ3) is 3.77. The first kappa shape index (κ1) is 18.2. The lowest BCUT2D eigenvalue weighted by Gasteiger charge is -2.25. The van der Waals surface area contributed by atoms with E-state index in [1.54, 1.807) is 11.6 Å². The van der Waals surface area contributed by atoms with Crippen molar-refractivity contribution in [2.45, 2.75) is 45.4 Å². The second-order valence-electron chi connectivity index (χ2n) is 8.08. The van der Waals surface area contributed by atoms with Gasteiger partial charge in [-0.2, -0.15) is 0 Å². The minimum atomic E-state index is 0.0397. The largest absolute Gasteiger partial charge is 0.381 e. The Labute approximate surface area is 160 Å². The lowest BCUT2D eigenvalue weighted by molar-refractivity contribution is -0.118. The molecule has 1 aromatic carbocycles. The third-order valence-electron chi connectivity index (χ3n) is 6.01. The fourth-order valence-corrected chi connectivity index (χ4v) is 4.44. The average molecular weight is 365 g/mol. The molecule has 0 amide bonds. The monoisotopic (exact) mass is 365 g/mol. The van der Waals surface area contributed by atoms with Gasteiger partial charge in [-0.1, -0.05) is 12.1 Å². The van der Waals surface area contributed by atoms with E-state index in [1.807, 2.05) is 19.2 Å². The van der Waals surface area contributed by atoms with Crippen molar-refractivity contribution < 1.29 is 9.53 Å². The van der Waals surface area contributed by atoms with E-state index in [-0.39, 0.29) is 5.56 Å². The van der Waals surface area contributed by atoms with E-state index in [9.17, 15) is 9.59 Å². The maximum Gasteiger partial charge on any atom is 0.253 e. The fourth-order valence-electron chi connectivity index (χ4n) is 4.44. The summed E-state index contributed by atoms with van der Waals surface area (Å²) in [6, 6.07) is 6.52. The molecule has 4 nitrogen and oxygen atoms in total. The number of hydrogen-bond acceptors (Lipinski definition) is 3. The summed E-state index contributed by atoms with van der Waals surface area (Å²) in [6.07, 6.45) is 7.19. The van der Waals surface area contributed by atoms with Gasteiger partial charge in [0.1, 0.15) is 5.78 Å². The number of hydrogen-bond donors (Lipinski definition) is 0. The SMILES string of the molecule is Cc1cc(-c2cc3c(cc2CC2CCOCC2)CCC(=O)C3)cn(C)c1=O. The standard InChI is InChI=1S/C23H27NO3/c1-15-9-20(14-24(2)23(15)26)22-13-18-12-21(25)4-3-17(18)11-19(22)10-16-5-7-27-8-6-16/h9,11,13-14,16H,3-8,10,12H2,1-2H3. The highest BCUT2D eigenvalue weighted by atomic mass is 16.5. The molecule has 0 spiro atoms. The van der Waals surface area contributed by atoms with Crippen molar-refractivity contribution in [3.63, 3.8) is 0 Å². The van der Waals surface area contributed by atoms with Crippen molar-refractivity contribution in [1.29, 1.82) is 0 Å². The maximum absolute atomic E-state index is 12.1. The molecule has 0 unspecified atom stereocenters. The predicted molar refractivity (Wildman–Crippen MR) is 106 cm³/mol. The van der Waals surface area contributed by atoms with Crippen LogP contribution in [0, 0.1) is 12.8 Å². The van der Waals surface area contributed by atoms with Crippen molar-refractivity contribution >= 4 is 5.78 Å². The van der Waals surface area contributed by atoms with E-state index < -0.39 is 0 Å². The maximum atomic E-state index is 12.1. The highest BCUT2D eigenvalue weighted by Crippen LogP contribution is 2.33. The molecular weight excluding hydrogens is 338 g/mol. The van der Waals surface area contributed by atoms with Gasteiger partial charge in [-0.05, 0) is 72.4 Å². The van der Waals surface area contributed by atoms with Crippen LogP contribution in [0.25, 0.3) is 11.1 Å². The van der Waals surface area contributed by atoms with Crippen LogP contribution in [-0.4, -0.2) is 23.6 Å². The van der Waals surface area contributed by atoms with Crippen LogP contribution >= 0.6 is 0 Å². The van der Waals surface area contributed by atoms with E-state index in [0.717, 1.165) is 55.6 Å². The first-order valence-electron chi connectivity index (χ1n) is 9.93. The topological polar surface area (TPSA) is 48.3 Å². The van der Waals surface area contributed by atoms with Gasteiger partial charge in [0.2, 0.25) is 0 Å². The third-order valence-corrected chi connectivity index (χ3v) is 6.01. The van der Waals surface area contributed by atoms with Crippen molar-refractivity contribution in [3.05, 3.63) is 57.0 Å². The number of Topliss-reactive ketones (excluding diaryl/α,β-unsaturated/α-hetero) is 1. The van der Waals surface area contributed by atoms with Crippen LogP contribution < -0.4 is 5.56 Å². The normalized spacial score (nSPS) is 17.8. The molecule has 1 fully saturated rings. The van der Waals surface area contributed by atoms with Gasteiger partial charge in [-0.25, -0.2) is 0 Å². The first-order chi connectivity index (χ1) is 13.0. The van der Waals surface area contributed by atoms with E-state index in [0.29, 0.717) is 24.5 Å². The van der Waals surface area contributed by atoms with Gasteiger partial charge in [-0.15, -0.1) is 0 Å². The van der Waals surface area contributed by atoms with Gasteiger partial charge >= 0.3 is 0 Å². The van der Waals surface area contributed by atoms with Crippen LogP contribution in [0.5, 0.6) is 0 Å². The highest BCUT2D eigenvalue weighted by molar-refractivity contribution is 5.84. The molecule has 2 heterocycles. The number of pyridine rings is 1. The zero-order chi connectivity index (χ0) is 19.0. The number of carbonyl (C=O) groups excluding carboxylic acids is 1. The molecule has 4 rings (SSSR count). The zero-order valence-electron chi connectivity index (χ0n) is 16.2. The smallest absolute Gasteiger partial charge is 0.253 e. The van der Waals surface area contributed by atoms with E-state index in [1.165, 1.54) is 16.7 Å². The second kappa shape index (κ2) is 7.43. The second-order valence-corrected chi connectivity index (χ2v) is 8.08. The Bertz CT molecular complexity index is 909. The summed E-state index contributed by atoms with van der Waals surface area (Å²) in [5, 5.41) is 0. The number of aromatic nitrogens is 1. The number of ketones is 1. The lowest BCUT2D eigenvalue weighted by atomic mass is 9.82. The van der Waals surface area contributed by atoms with E-state index in [2.05, 4.69) is 12.1 Å². The van der Waals surface area contributed by atoms with Crippen LogP contribution in [0.2, 0.25) is 0 Å². The van der Waals surface area contributed by atoms with Crippen LogP contribution in [0.1, 0.15) is 41.5 Å². The number of aryl methyl sites for hydroxylation is 3. The molecule has 0 radical (unpaired) electrons. The Morgan fingerprint density at radius 3 is 2.59 bits per heavy atom. The fraction of sp³-hybridized carbons (Fsp3) is 0.478. The van der Waals surface area contributed by atoms with Gasteiger partial charge in [0, 0.05) is 44.9 Å². The summed E-state index contributed by atoms with van der Waals surface area (Å²) in [4.78, 5) is 24.1. The molecule has 0 saturated carbocycles. The minimum absolute atomic E-state index is 0.0397. The molecule has 1 aromatic heterocycles. The van der Waals surface area contributed by atoms with Crippen LogP contribution in [0.4, 0.5) is 0 Å².